The third kappa shape index (κ3) is 3.11. The van der Waals surface area contributed by atoms with Gasteiger partial charge in [-0.2, -0.15) is 0 Å². The Morgan fingerprint density at radius 1 is 1.16 bits per heavy atom. The summed E-state index contributed by atoms with van der Waals surface area (Å²) in [5, 5.41) is 22.5. The van der Waals surface area contributed by atoms with Crippen LogP contribution < -0.4 is 5.32 Å². The molecule has 0 radical (unpaired) electrons. The molecule has 0 aliphatic heterocycles. The normalized spacial score (nSPS) is 11.8. The fourth-order valence-corrected chi connectivity index (χ4v) is 2.30. The van der Waals surface area contributed by atoms with Gasteiger partial charge in [0, 0.05) is 10.4 Å². The molecule has 0 saturated carbocycles. The van der Waals surface area contributed by atoms with Gasteiger partial charge in [-0.3, -0.25) is 4.79 Å². The number of carboxylic acid groups (broad SMARTS) is 1. The van der Waals surface area contributed by atoms with Crippen LogP contribution in [0.1, 0.15) is 21.3 Å². The summed E-state index contributed by atoms with van der Waals surface area (Å²) in [5.74, 6) is -1.57. The Morgan fingerprint density at radius 3 is 2.37 bits per heavy atom. The van der Waals surface area contributed by atoms with Gasteiger partial charge in [-0.1, -0.05) is 6.07 Å². The first kappa shape index (κ1) is 13.1. The fraction of sp³-hybridized carbons (Fsp3) is 0.0769. The van der Waals surface area contributed by atoms with Crippen molar-refractivity contribution in [2.75, 3.05) is 0 Å². The van der Waals surface area contributed by atoms with Gasteiger partial charge in [0.15, 0.2) is 6.04 Å². The minimum atomic E-state index is -1.12. The molecule has 1 aromatic carbocycles. The maximum absolute atomic E-state index is 11.9. The van der Waals surface area contributed by atoms with Crippen LogP contribution in [-0.2, 0) is 4.79 Å². The number of rotatable bonds is 4. The molecule has 0 spiro atoms. The highest BCUT2D eigenvalue weighted by molar-refractivity contribution is 7.10. The maximum atomic E-state index is 11.9. The molecule has 0 aliphatic carbocycles. The number of aliphatic carboxylic acids is 1. The summed E-state index contributed by atoms with van der Waals surface area (Å²) >= 11 is 1.26. The lowest BCUT2D eigenvalue weighted by Crippen LogP contribution is -2.33. The van der Waals surface area contributed by atoms with Crippen molar-refractivity contribution in [1.82, 2.24) is 5.32 Å². The molecule has 1 amide bonds. The second kappa shape index (κ2) is 5.53. The van der Waals surface area contributed by atoms with E-state index >= 15 is 0 Å². The number of hydrogen-bond acceptors (Lipinski definition) is 4. The van der Waals surface area contributed by atoms with E-state index in [2.05, 4.69) is 5.32 Å². The van der Waals surface area contributed by atoms with Crippen molar-refractivity contribution in [1.29, 1.82) is 0 Å². The zero-order valence-electron chi connectivity index (χ0n) is 9.74. The summed E-state index contributed by atoms with van der Waals surface area (Å²) in [7, 11) is 0. The predicted molar refractivity (Wildman–Crippen MR) is 70.3 cm³/mol. The number of thiophene rings is 1. The van der Waals surface area contributed by atoms with E-state index in [4.69, 9.17) is 10.2 Å². The third-order valence-electron chi connectivity index (χ3n) is 2.48. The summed E-state index contributed by atoms with van der Waals surface area (Å²) in [6, 6.07) is 7.91. The fourth-order valence-electron chi connectivity index (χ4n) is 1.54. The molecular weight excluding hydrogens is 266 g/mol. The zero-order chi connectivity index (χ0) is 13.8. The second-order valence-corrected chi connectivity index (χ2v) is 4.79. The molecule has 5 nitrogen and oxygen atoms in total. The van der Waals surface area contributed by atoms with Crippen molar-refractivity contribution < 1.29 is 19.8 Å². The standard InChI is InChI=1S/C13H11NO4S/c15-9-5-3-8(4-6-9)12(16)14-11(13(17)18)10-2-1-7-19-10/h1-7,11,15H,(H,14,16)(H,17,18). The zero-order valence-corrected chi connectivity index (χ0v) is 10.6. The number of aromatic hydroxyl groups is 1. The molecule has 2 rings (SSSR count). The van der Waals surface area contributed by atoms with Gasteiger partial charge in [0.25, 0.3) is 5.91 Å². The highest BCUT2D eigenvalue weighted by Crippen LogP contribution is 2.20. The van der Waals surface area contributed by atoms with Gasteiger partial charge < -0.3 is 15.5 Å². The van der Waals surface area contributed by atoms with Crippen LogP contribution in [0.3, 0.4) is 0 Å². The topological polar surface area (TPSA) is 86.6 Å². The third-order valence-corrected chi connectivity index (χ3v) is 3.42. The first-order valence-electron chi connectivity index (χ1n) is 5.44. The van der Waals surface area contributed by atoms with E-state index in [1.807, 2.05) is 0 Å². The van der Waals surface area contributed by atoms with E-state index < -0.39 is 17.9 Å². The summed E-state index contributed by atoms with van der Waals surface area (Å²) in [6.45, 7) is 0. The molecule has 2 aromatic rings. The first-order chi connectivity index (χ1) is 9.08. The van der Waals surface area contributed by atoms with Gasteiger partial charge in [0.1, 0.15) is 5.75 Å². The molecule has 0 fully saturated rings. The number of carbonyl (C=O) groups excluding carboxylic acids is 1. The van der Waals surface area contributed by atoms with Gasteiger partial charge in [0.2, 0.25) is 0 Å². The van der Waals surface area contributed by atoms with Gasteiger partial charge in [-0.25, -0.2) is 4.79 Å². The van der Waals surface area contributed by atoms with Gasteiger partial charge in [-0.05, 0) is 35.7 Å². The van der Waals surface area contributed by atoms with Crippen LogP contribution in [0, 0.1) is 0 Å². The molecule has 98 valence electrons. The van der Waals surface area contributed by atoms with E-state index in [1.54, 1.807) is 17.5 Å². The van der Waals surface area contributed by atoms with Crippen LogP contribution >= 0.6 is 11.3 Å². The molecule has 1 unspecified atom stereocenters. The van der Waals surface area contributed by atoms with Crippen LogP contribution in [0.5, 0.6) is 5.75 Å². The highest BCUT2D eigenvalue weighted by Gasteiger charge is 2.23. The second-order valence-electron chi connectivity index (χ2n) is 3.81. The number of hydrogen-bond donors (Lipinski definition) is 3. The molecular formula is C13H11NO4S. The molecule has 3 N–H and O–H groups in total. The average Bonchev–Trinajstić information content (AvgIpc) is 2.89. The Kier molecular flexibility index (Phi) is 3.82. The molecule has 0 saturated heterocycles. The van der Waals surface area contributed by atoms with Gasteiger partial charge in [0.05, 0.1) is 0 Å². The molecule has 0 aliphatic rings. The minimum Gasteiger partial charge on any atom is -0.508 e. The van der Waals surface area contributed by atoms with Crippen LogP contribution in [-0.4, -0.2) is 22.1 Å². The summed E-state index contributed by atoms with van der Waals surface area (Å²) in [4.78, 5) is 23.6. The average molecular weight is 277 g/mol. The quantitative estimate of drug-likeness (QED) is 0.798. The number of carboxylic acids is 1. The van der Waals surface area contributed by atoms with E-state index in [-0.39, 0.29) is 5.75 Å². The Labute approximate surface area is 113 Å². The van der Waals surface area contributed by atoms with Crippen LogP contribution in [0.15, 0.2) is 41.8 Å². The number of carbonyl (C=O) groups is 2. The smallest absolute Gasteiger partial charge is 0.331 e. The van der Waals surface area contributed by atoms with Crippen molar-refractivity contribution in [2.24, 2.45) is 0 Å². The largest absolute Gasteiger partial charge is 0.508 e. The van der Waals surface area contributed by atoms with Crippen molar-refractivity contribution in [3.05, 3.63) is 52.2 Å². The van der Waals surface area contributed by atoms with Crippen molar-refractivity contribution in [2.45, 2.75) is 6.04 Å². The Bertz CT molecular complexity index is 577. The van der Waals surface area contributed by atoms with E-state index in [1.165, 1.54) is 35.6 Å². The Balaban J connectivity index is 2.16. The molecule has 6 heteroatoms. The summed E-state index contributed by atoms with van der Waals surface area (Å²) in [6.07, 6.45) is 0. The van der Waals surface area contributed by atoms with E-state index in [0.29, 0.717) is 10.4 Å². The predicted octanol–water partition coefficient (Wildman–Crippen LogP) is 2.01. The summed E-state index contributed by atoms with van der Waals surface area (Å²) in [5.41, 5.74) is 0.292. The van der Waals surface area contributed by atoms with Crippen LogP contribution in [0.25, 0.3) is 0 Å². The number of benzene rings is 1. The molecule has 1 atom stereocenters. The first-order valence-corrected chi connectivity index (χ1v) is 6.32. The van der Waals surface area contributed by atoms with E-state index in [9.17, 15) is 9.59 Å². The number of amides is 1. The Morgan fingerprint density at radius 2 is 1.84 bits per heavy atom. The molecule has 1 heterocycles. The SMILES string of the molecule is O=C(NC(C(=O)O)c1cccs1)c1ccc(O)cc1. The lowest BCUT2D eigenvalue weighted by atomic mass is 10.1. The number of nitrogens with one attached hydrogen (secondary N) is 1. The maximum Gasteiger partial charge on any atom is 0.331 e. The summed E-state index contributed by atoms with van der Waals surface area (Å²) < 4.78 is 0. The van der Waals surface area contributed by atoms with Crippen LogP contribution in [0.4, 0.5) is 0 Å². The van der Waals surface area contributed by atoms with Crippen molar-refractivity contribution in [3.63, 3.8) is 0 Å². The lowest BCUT2D eigenvalue weighted by molar-refractivity contribution is -0.139. The lowest BCUT2D eigenvalue weighted by Gasteiger charge is -2.12. The van der Waals surface area contributed by atoms with Crippen molar-refractivity contribution >= 4 is 23.2 Å². The monoisotopic (exact) mass is 277 g/mol. The molecule has 19 heavy (non-hydrogen) atoms. The van der Waals surface area contributed by atoms with Gasteiger partial charge in [-0.15, -0.1) is 11.3 Å². The Hall–Kier alpha value is -2.34. The number of phenolic OH excluding ortho intramolecular Hbond substituents is 1. The van der Waals surface area contributed by atoms with Gasteiger partial charge >= 0.3 is 5.97 Å². The minimum absolute atomic E-state index is 0.0459. The molecule has 0 bridgehead atoms. The molecule has 1 aromatic heterocycles. The van der Waals surface area contributed by atoms with Crippen LogP contribution in [0.2, 0.25) is 0 Å². The van der Waals surface area contributed by atoms with E-state index in [0.717, 1.165) is 0 Å². The highest BCUT2D eigenvalue weighted by atomic mass is 32.1. The number of phenols is 1. The van der Waals surface area contributed by atoms with Crippen molar-refractivity contribution in [3.8, 4) is 5.75 Å².